The molecule has 0 saturated carbocycles. The summed E-state index contributed by atoms with van der Waals surface area (Å²) in [5.41, 5.74) is 0.876. The summed E-state index contributed by atoms with van der Waals surface area (Å²) in [5.74, 6) is 0.203. The van der Waals surface area contributed by atoms with Gasteiger partial charge in [0, 0.05) is 18.1 Å². The molecule has 0 fully saturated rings. The van der Waals surface area contributed by atoms with Crippen LogP contribution in [0.4, 0.5) is 0 Å². The normalized spacial score (nSPS) is 11.8. The lowest BCUT2D eigenvalue weighted by Gasteiger charge is -2.11. The molecule has 0 radical (unpaired) electrons. The summed E-state index contributed by atoms with van der Waals surface area (Å²) in [7, 11) is 0. The van der Waals surface area contributed by atoms with Crippen LogP contribution < -0.4 is 10.6 Å². The van der Waals surface area contributed by atoms with Gasteiger partial charge < -0.3 is 10.6 Å². The van der Waals surface area contributed by atoms with Crippen molar-refractivity contribution >= 4 is 58.3 Å². The topological polar surface area (TPSA) is 84.0 Å². The van der Waals surface area contributed by atoms with Gasteiger partial charge in [-0.1, -0.05) is 71.6 Å². The molecule has 2 rings (SSSR count). The highest BCUT2D eigenvalue weighted by atomic mass is 35.5. The predicted molar refractivity (Wildman–Crippen MR) is 113 cm³/mol. The Bertz CT molecular complexity index is 772. The number of carbonyl (C=O) groups excluding carboxylic acids is 2. The van der Waals surface area contributed by atoms with Crippen LogP contribution in [0.1, 0.15) is 25.8 Å². The molecule has 1 atom stereocenters. The average molecular weight is 445 g/mol. The van der Waals surface area contributed by atoms with E-state index in [4.69, 9.17) is 11.6 Å². The Morgan fingerprint density at radius 1 is 1.22 bits per heavy atom. The first-order valence-electron chi connectivity index (χ1n) is 8.40. The maximum Gasteiger partial charge on any atom is 0.233 e. The molecular weight excluding hydrogens is 424 g/mol. The molecular formula is C17H21ClN4O2S3. The van der Waals surface area contributed by atoms with E-state index in [9.17, 15) is 9.59 Å². The third-order valence-electron chi connectivity index (χ3n) is 3.34. The van der Waals surface area contributed by atoms with Crippen LogP contribution in [0.15, 0.2) is 32.9 Å². The molecule has 0 aliphatic carbocycles. The van der Waals surface area contributed by atoms with Crippen molar-refractivity contribution in [3.63, 3.8) is 0 Å². The number of amides is 2. The second-order valence-corrected chi connectivity index (χ2v) is 9.74. The first-order chi connectivity index (χ1) is 13.0. The standard InChI is InChI=1S/C17H21ClN4O2S3/c1-3-8-19-14(23)10-25-16-21-22-17(27-16)26-11(2)15(24)20-9-12-6-4-5-7-13(12)18/h4-7,11H,3,8-10H2,1-2H3,(H,19,23)(H,20,24). The third kappa shape index (κ3) is 7.69. The van der Waals surface area contributed by atoms with Gasteiger partial charge in [-0.05, 0) is 25.0 Å². The number of nitrogens with zero attached hydrogens (tertiary/aromatic N) is 2. The van der Waals surface area contributed by atoms with E-state index >= 15 is 0 Å². The number of aromatic nitrogens is 2. The first kappa shape index (κ1) is 22.0. The van der Waals surface area contributed by atoms with Gasteiger partial charge in [0.05, 0.1) is 11.0 Å². The van der Waals surface area contributed by atoms with Crippen LogP contribution in [-0.4, -0.2) is 39.6 Å². The number of halogens is 1. The van der Waals surface area contributed by atoms with Gasteiger partial charge in [0.15, 0.2) is 8.68 Å². The summed E-state index contributed by atoms with van der Waals surface area (Å²) in [5, 5.41) is 14.2. The van der Waals surface area contributed by atoms with Gasteiger partial charge in [-0.25, -0.2) is 0 Å². The van der Waals surface area contributed by atoms with E-state index in [2.05, 4.69) is 20.8 Å². The second kappa shape index (κ2) is 11.5. The molecule has 146 valence electrons. The van der Waals surface area contributed by atoms with Gasteiger partial charge >= 0.3 is 0 Å². The molecule has 27 heavy (non-hydrogen) atoms. The Balaban J connectivity index is 1.77. The van der Waals surface area contributed by atoms with Crippen LogP contribution in [0.2, 0.25) is 5.02 Å². The average Bonchev–Trinajstić information content (AvgIpc) is 3.11. The van der Waals surface area contributed by atoms with Crippen LogP contribution in [-0.2, 0) is 16.1 Å². The van der Waals surface area contributed by atoms with E-state index in [0.29, 0.717) is 32.5 Å². The molecule has 1 aromatic heterocycles. The zero-order valence-electron chi connectivity index (χ0n) is 15.0. The Morgan fingerprint density at radius 3 is 2.70 bits per heavy atom. The van der Waals surface area contributed by atoms with Crippen molar-refractivity contribution in [1.82, 2.24) is 20.8 Å². The zero-order valence-corrected chi connectivity index (χ0v) is 18.2. The van der Waals surface area contributed by atoms with E-state index < -0.39 is 0 Å². The molecule has 2 amide bonds. The Kier molecular flexibility index (Phi) is 9.40. The molecule has 6 nitrogen and oxygen atoms in total. The highest BCUT2D eigenvalue weighted by Crippen LogP contribution is 2.31. The van der Waals surface area contributed by atoms with Crippen LogP contribution in [0, 0.1) is 0 Å². The van der Waals surface area contributed by atoms with Crippen molar-refractivity contribution in [2.75, 3.05) is 12.3 Å². The molecule has 2 N–H and O–H groups in total. The number of hydrogen-bond acceptors (Lipinski definition) is 7. The van der Waals surface area contributed by atoms with Gasteiger partial charge in [0.25, 0.3) is 0 Å². The van der Waals surface area contributed by atoms with Crippen LogP contribution in [0.25, 0.3) is 0 Å². The maximum absolute atomic E-state index is 12.3. The van der Waals surface area contributed by atoms with Gasteiger partial charge in [0.2, 0.25) is 11.8 Å². The number of benzene rings is 1. The Hall–Kier alpha value is -1.29. The molecule has 10 heteroatoms. The molecule has 1 heterocycles. The van der Waals surface area contributed by atoms with Crippen LogP contribution in [0.5, 0.6) is 0 Å². The lowest BCUT2D eigenvalue weighted by Crippen LogP contribution is -2.30. The summed E-state index contributed by atoms with van der Waals surface area (Å²) in [6.45, 7) is 4.89. The molecule has 0 aliphatic rings. The van der Waals surface area contributed by atoms with Crippen molar-refractivity contribution < 1.29 is 9.59 Å². The van der Waals surface area contributed by atoms with Crippen molar-refractivity contribution in [3.05, 3.63) is 34.9 Å². The summed E-state index contributed by atoms with van der Waals surface area (Å²) < 4.78 is 1.42. The van der Waals surface area contributed by atoms with E-state index in [1.54, 1.807) is 6.07 Å². The fraction of sp³-hybridized carbons (Fsp3) is 0.412. The monoisotopic (exact) mass is 444 g/mol. The van der Waals surface area contributed by atoms with E-state index in [-0.39, 0.29) is 17.1 Å². The number of thioether (sulfide) groups is 2. The van der Waals surface area contributed by atoms with E-state index in [1.807, 2.05) is 32.0 Å². The summed E-state index contributed by atoms with van der Waals surface area (Å²) >= 11 is 10.2. The zero-order chi connectivity index (χ0) is 19.6. The molecule has 2 aromatic rings. The van der Waals surface area contributed by atoms with Gasteiger partial charge in [-0.2, -0.15) is 0 Å². The number of hydrogen-bond donors (Lipinski definition) is 2. The minimum Gasteiger partial charge on any atom is -0.355 e. The minimum absolute atomic E-state index is 0.0152. The lowest BCUT2D eigenvalue weighted by molar-refractivity contribution is -0.120. The summed E-state index contributed by atoms with van der Waals surface area (Å²) in [6.07, 6.45) is 0.909. The number of rotatable bonds is 10. The Morgan fingerprint density at radius 2 is 1.96 bits per heavy atom. The fourth-order valence-corrected chi connectivity index (χ4v) is 5.14. The van der Waals surface area contributed by atoms with Gasteiger partial charge in [-0.3, -0.25) is 9.59 Å². The largest absolute Gasteiger partial charge is 0.355 e. The molecule has 0 saturated heterocycles. The second-order valence-electron chi connectivity index (χ2n) is 5.54. The van der Waals surface area contributed by atoms with Gasteiger partial charge in [0.1, 0.15) is 0 Å². The molecule has 0 bridgehead atoms. The van der Waals surface area contributed by atoms with Crippen LogP contribution >= 0.6 is 46.5 Å². The SMILES string of the molecule is CCCNC(=O)CSc1nnc(SC(C)C(=O)NCc2ccccc2Cl)s1. The predicted octanol–water partition coefficient (Wildman–Crippen LogP) is 3.61. The smallest absolute Gasteiger partial charge is 0.233 e. The van der Waals surface area contributed by atoms with E-state index in [1.165, 1.54) is 34.9 Å². The molecule has 1 unspecified atom stereocenters. The van der Waals surface area contributed by atoms with Crippen molar-refractivity contribution in [2.45, 2.75) is 40.7 Å². The van der Waals surface area contributed by atoms with Gasteiger partial charge in [-0.15, -0.1) is 10.2 Å². The number of carbonyl (C=O) groups is 2. The maximum atomic E-state index is 12.3. The summed E-state index contributed by atoms with van der Waals surface area (Å²) in [4.78, 5) is 23.9. The molecule has 0 aliphatic heterocycles. The summed E-state index contributed by atoms with van der Waals surface area (Å²) in [6, 6.07) is 7.41. The van der Waals surface area contributed by atoms with Crippen molar-refractivity contribution in [2.24, 2.45) is 0 Å². The lowest BCUT2D eigenvalue weighted by atomic mass is 10.2. The number of nitrogens with one attached hydrogen (secondary N) is 2. The quantitative estimate of drug-likeness (QED) is 0.544. The van der Waals surface area contributed by atoms with Crippen LogP contribution in [0.3, 0.4) is 0 Å². The highest BCUT2D eigenvalue weighted by Gasteiger charge is 2.17. The van der Waals surface area contributed by atoms with Crippen molar-refractivity contribution in [1.29, 1.82) is 0 Å². The Labute approximate surface area is 176 Å². The highest BCUT2D eigenvalue weighted by molar-refractivity contribution is 8.04. The minimum atomic E-state index is -0.314. The third-order valence-corrected chi connectivity index (χ3v) is 6.95. The molecule has 0 spiro atoms. The molecule has 1 aromatic carbocycles. The van der Waals surface area contributed by atoms with Crippen molar-refractivity contribution in [3.8, 4) is 0 Å². The van der Waals surface area contributed by atoms with E-state index in [0.717, 1.165) is 12.0 Å². The fourth-order valence-electron chi connectivity index (χ4n) is 1.92. The first-order valence-corrected chi connectivity index (χ1v) is 11.5.